The molecule has 0 fully saturated rings. The van der Waals surface area contributed by atoms with Crippen LogP contribution in [0.1, 0.15) is 28.8 Å². The number of thiophene rings is 1. The van der Waals surface area contributed by atoms with Crippen LogP contribution < -0.4 is 10.3 Å². The molecule has 2 heterocycles. The fraction of sp³-hybridized carbons (Fsp3) is 0.250. The molecule has 7 heteroatoms. The van der Waals surface area contributed by atoms with Crippen LogP contribution in [0.4, 0.5) is 4.39 Å². The third-order valence-electron chi connectivity index (χ3n) is 5.55. The first-order valence-corrected chi connectivity index (χ1v) is 12.0. The Hall–Kier alpha value is -2.64. The third-order valence-corrected chi connectivity index (χ3v) is 7.74. The molecule has 0 saturated heterocycles. The summed E-state index contributed by atoms with van der Waals surface area (Å²) in [5, 5.41) is 1.37. The van der Waals surface area contributed by atoms with Crippen molar-refractivity contribution in [2.75, 3.05) is 7.11 Å². The number of halogens is 1. The van der Waals surface area contributed by atoms with Gasteiger partial charge in [0.25, 0.3) is 5.56 Å². The zero-order chi connectivity index (χ0) is 21.4. The predicted molar refractivity (Wildman–Crippen MR) is 124 cm³/mol. The minimum absolute atomic E-state index is 0.0312. The zero-order valence-corrected chi connectivity index (χ0v) is 18.7. The molecular formula is C24H21FN2O2S2. The quantitative estimate of drug-likeness (QED) is 0.285. The number of hydrogen-bond acceptors (Lipinski definition) is 5. The smallest absolute Gasteiger partial charge is 0.267 e. The molecule has 0 spiro atoms. The van der Waals surface area contributed by atoms with E-state index in [2.05, 4.69) is 0 Å². The number of ether oxygens (including phenoxy) is 1. The average molecular weight is 453 g/mol. The molecule has 0 aliphatic heterocycles. The van der Waals surface area contributed by atoms with Gasteiger partial charge in [-0.3, -0.25) is 9.36 Å². The van der Waals surface area contributed by atoms with E-state index in [4.69, 9.17) is 9.72 Å². The van der Waals surface area contributed by atoms with E-state index in [-0.39, 0.29) is 11.4 Å². The summed E-state index contributed by atoms with van der Waals surface area (Å²) in [6, 6.07) is 14.0. The van der Waals surface area contributed by atoms with Gasteiger partial charge in [0.05, 0.1) is 18.2 Å². The Labute approximate surface area is 187 Å². The van der Waals surface area contributed by atoms with E-state index in [1.165, 1.54) is 34.3 Å². The Morgan fingerprint density at radius 1 is 1.16 bits per heavy atom. The van der Waals surface area contributed by atoms with Crippen LogP contribution in [0.3, 0.4) is 0 Å². The first-order chi connectivity index (χ1) is 15.1. The van der Waals surface area contributed by atoms with E-state index in [1.54, 1.807) is 29.1 Å². The van der Waals surface area contributed by atoms with Crippen molar-refractivity contribution in [3.8, 4) is 11.4 Å². The van der Waals surface area contributed by atoms with Gasteiger partial charge in [-0.2, -0.15) is 0 Å². The van der Waals surface area contributed by atoms with Crippen LogP contribution in [0.5, 0.6) is 5.75 Å². The monoisotopic (exact) mass is 452 g/mol. The van der Waals surface area contributed by atoms with Crippen molar-refractivity contribution < 1.29 is 9.13 Å². The third kappa shape index (κ3) is 3.88. The van der Waals surface area contributed by atoms with Gasteiger partial charge in [0.15, 0.2) is 5.16 Å². The number of thioether (sulfide) groups is 1. The van der Waals surface area contributed by atoms with Gasteiger partial charge in [-0.15, -0.1) is 11.3 Å². The van der Waals surface area contributed by atoms with Gasteiger partial charge in [0.1, 0.15) is 16.4 Å². The SMILES string of the molecule is COc1ccc(-n2c(SCc3cccc(F)c3)nc3sc4c(c3c2=O)CCCC4)cc1. The van der Waals surface area contributed by atoms with E-state index in [9.17, 15) is 9.18 Å². The van der Waals surface area contributed by atoms with Crippen LogP contribution in [0.2, 0.25) is 0 Å². The second kappa shape index (κ2) is 8.48. The topological polar surface area (TPSA) is 44.1 Å². The number of aromatic nitrogens is 2. The second-order valence-corrected chi connectivity index (χ2v) is 9.57. The molecule has 158 valence electrons. The van der Waals surface area contributed by atoms with Crippen molar-refractivity contribution in [2.24, 2.45) is 0 Å². The van der Waals surface area contributed by atoms with Crippen LogP contribution in [-0.4, -0.2) is 16.7 Å². The zero-order valence-electron chi connectivity index (χ0n) is 17.1. The lowest BCUT2D eigenvalue weighted by atomic mass is 9.97. The molecule has 0 N–H and O–H groups in total. The fourth-order valence-electron chi connectivity index (χ4n) is 4.02. The van der Waals surface area contributed by atoms with Crippen molar-refractivity contribution in [1.29, 1.82) is 0 Å². The van der Waals surface area contributed by atoms with E-state index in [0.717, 1.165) is 52.9 Å². The van der Waals surface area contributed by atoms with Crippen molar-refractivity contribution in [2.45, 2.75) is 36.6 Å². The fourth-order valence-corrected chi connectivity index (χ4v) is 6.27. The lowest BCUT2D eigenvalue weighted by Crippen LogP contribution is -2.22. The minimum Gasteiger partial charge on any atom is -0.497 e. The number of nitrogens with zero attached hydrogens (tertiary/aromatic N) is 2. The van der Waals surface area contributed by atoms with Gasteiger partial charge < -0.3 is 4.74 Å². The summed E-state index contributed by atoms with van der Waals surface area (Å²) in [5.41, 5.74) is 2.74. The predicted octanol–water partition coefficient (Wildman–Crippen LogP) is 5.77. The molecule has 5 rings (SSSR count). The lowest BCUT2D eigenvalue weighted by Gasteiger charge is -2.14. The highest BCUT2D eigenvalue weighted by Crippen LogP contribution is 2.35. The molecule has 2 aromatic carbocycles. The summed E-state index contributed by atoms with van der Waals surface area (Å²) >= 11 is 3.09. The van der Waals surface area contributed by atoms with E-state index in [1.807, 2.05) is 30.3 Å². The molecule has 1 aliphatic rings. The molecule has 0 unspecified atom stereocenters. The molecule has 4 aromatic rings. The maximum absolute atomic E-state index is 13.7. The van der Waals surface area contributed by atoms with Crippen LogP contribution in [0.15, 0.2) is 58.5 Å². The maximum atomic E-state index is 13.7. The molecular weight excluding hydrogens is 431 g/mol. The summed E-state index contributed by atoms with van der Waals surface area (Å²) in [4.78, 5) is 20.7. The van der Waals surface area contributed by atoms with Crippen molar-refractivity contribution in [3.05, 3.63) is 80.7 Å². The first kappa shape index (κ1) is 20.3. The number of hydrogen-bond donors (Lipinski definition) is 0. The Balaban J connectivity index is 1.65. The van der Waals surface area contributed by atoms with Gasteiger partial charge in [-0.05, 0) is 73.2 Å². The molecule has 0 amide bonds. The minimum atomic E-state index is -0.264. The summed E-state index contributed by atoms with van der Waals surface area (Å²) < 4.78 is 20.6. The molecule has 2 aromatic heterocycles. The second-order valence-electron chi connectivity index (χ2n) is 7.54. The summed E-state index contributed by atoms with van der Waals surface area (Å²) in [6.07, 6.45) is 4.22. The van der Waals surface area contributed by atoms with Crippen molar-refractivity contribution in [3.63, 3.8) is 0 Å². The molecule has 0 radical (unpaired) electrons. The van der Waals surface area contributed by atoms with Crippen molar-refractivity contribution >= 4 is 33.3 Å². The Kier molecular flexibility index (Phi) is 5.54. The highest BCUT2D eigenvalue weighted by Gasteiger charge is 2.23. The normalized spacial score (nSPS) is 13.4. The number of fused-ring (bicyclic) bond motifs is 3. The van der Waals surface area contributed by atoms with Crippen LogP contribution >= 0.6 is 23.1 Å². The number of methoxy groups -OCH3 is 1. The van der Waals surface area contributed by atoms with E-state index < -0.39 is 0 Å². The molecule has 0 atom stereocenters. The number of aryl methyl sites for hydroxylation is 2. The summed E-state index contributed by atoms with van der Waals surface area (Å²) in [6.45, 7) is 0. The van der Waals surface area contributed by atoms with E-state index >= 15 is 0 Å². The van der Waals surface area contributed by atoms with Crippen LogP contribution in [0, 0.1) is 5.82 Å². The highest BCUT2D eigenvalue weighted by molar-refractivity contribution is 7.98. The standard InChI is InChI=1S/C24H21FN2O2S2/c1-29-18-11-9-17(10-12-18)27-23(28)21-19-7-2-3-8-20(19)31-22(21)26-24(27)30-14-15-5-4-6-16(25)13-15/h4-6,9-13H,2-3,7-8,14H2,1H3. The molecule has 4 nitrogen and oxygen atoms in total. The Bertz CT molecular complexity index is 1310. The van der Waals surface area contributed by atoms with Crippen molar-refractivity contribution in [1.82, 2.24) is 9.55 Å². The summed E-state index contributed by atoms with van der Waals surface area (Å²) in [7, 11) is 1.62. The molecule has 1 aliphatic carbocycles. The van der Waals surface area contributed by atoms with Gasteiger partial charge in [-0.25, -0.2) is 9.37 Å². The van der Waals surface area contributed by atoms with Gasteiger partial charge in [-0.1, -0.05) is 23.9 Å². The molecule has 31 heavy (non-hydrogen) atoms. The van der Waals surface area contributed by atoms with Gasteiger partial charge >= 0.3 is 0 Å². The summed E-state index contributed by atoms with van der Waals surface area (Å²) in [5.74, 6) is 0.990. The average Bonchev–Trinajstić information content (AvgIpc) is 3.17. The lowest BCUT2D eigenvalue weighted by molar-refractivity contribution is 0.414. The number of rotatable bonds is 5. The van der Waals surface area contributed by atoms with Crippen LogP contribution in [-0.2, 0) is 18.6 Å². The first-order valence-electron chi connectivity index (χ1n) is 10.2. The Morgan fingerprint density at radius 3 is 2.74 bits per heavy atom. The van der Waals surface area contributed by atoms with Crippen LogP contribution in [0.25, 0.3) is 15.9 Å². The Morgan fingerprint density at radius 2 is 1.97 bits per heavy atom. The van der Waals surface area contributed by atoms with E-state index in [0.29, 0.717) is 10.9 Å². The highest BCUT2D eigenvalue weighted by atomic mass is 32.2. The van der Waals surface area contributed by atoms with Gasteiger partial charge in [0.2, 0.25) is 0 Å². The largest absolute Gasteiger partial charge is 0.497 e. The number of benzene rings is 2. The molecule has 0 bridgehead atoms. The van der Waals surface area contributed by atoms with Gasteiger partial charge in [0, 0.05) is 10.6 Å². The maximum Gasteiger partial charge on any atom is 0.267 e. The molecule has 0 saturated carbocycles.